The van der Waals surface area contributed by atoms with E-state index < -0.39 is 0 Å². The van der Waals surface area contributed by atoms with Crippen LogP contribution in [0.15, 0.2) is 6.20 Å². The van der Waals surface area contributed by atoms with E-state index in [1.54, 1.807) is 4.68 Å². The van der Waals surface area contributed by atoms with Crippen molar-refractivity contribution in [3.8, 4) is 0 Å². The predicted octanol–water partition coefficient (Wildman–Crippen LogP) is 2.73. The zero-order valence-corrected chi connectivity index (χ0v) is 11.1. The highest BCUT2D eigenvalue weighted by molar-refractivity contribution is 6.33. The second kappa shape index (κ2) is 4.78. The highest BCUT2D eigenvalue weighted by atomic mass is 35.5. The number of hydrogen-bond donors (Lipinski definition) is 0. The summed E-state index contributed by atoms with van der Waals surface area (Å²) in [6, 6.07) is 0.124. The molecule has 0 aromatic carbocycles. The van der Waals surface area contributed by atoms with Crippen LogP contribution in [0.4, 0.5) is 0 Å². The van der Waals surface area contributed by atoms with Gasteiger partial charge in [0.25, 0.3) is 0 Å². The summed E-state index contributed by atoms with van der Waals surface area (Å²) in [5, 5.41) is 4.59. The zero-order valence-electron chi connectivity index (χ0n) is 10.3. The standard InChI is InChI=1S/C12H17ClN2O2/c1-7(2)15-11(10(13)6-14-15)12(16)9-4-5-17-8(9)3/h6-9H,4-5H2,1-3H3. The van der Waals surface area contributed by atoms with E-state index in [2.05, 4.69) is 5.10 Å². The van der Waals surface area contributed by atoms with Gasteiger partial charge in [0.15, 0.2) is 5.78 Å². The van der Waals surface area contributed by atoms with Gasteiger partial charge in [0.2, 0.25) is 0 Å². The number of Topliss-reactive ketones (excluding diaryl/α,β-unsaturated/α-hetero) is 1. The third-order valence-corrected chi connectivity index (χ3v) is 3.46. The van der Waals surface area contributed by atoms with Crippen molar-refractivity contribution in [3.63, 3.8) is 0 Å². The largest absolute Gasteiger partial charge is 0.378 e. The first-order valence-corrected chi connectivity index (χ1v) is 6.29. The lowest BCUT2D eigenvalue weighted by Crippen LogP contribution is -2.25. The molecule has 17 heavy (non-hydrogen) atoms. The Labute approximate surface area is 106 Å². The molecule has 5 heteroatoms. The maximum absolute atomic E-state index is 12.4. The summed E-state index contributed by atoms with van der Waals surface area (Å²) in [5.74, 6) is -0.0482. The molecule has 1 aliphatic rings. The molecule has 1 aliphatic heterocycles. The Bertz CT molecular complexity index is 428. The van der Waals surface area contributed by atoms with Gasteiger partial charge in [0.05, 0.1) is 23.2 Å². The number of nitrogens with zero attached hydrogens (tertiary/aromatic N) is 2. The van der Waals surface area contributed by atoms with Crippen LogP contribution in [-0.2, 0) is 4.74 Å². The second-order valence-electron chi connectivity index (χ2n) is 4.71. The lowest BCUT2D eigenvalue weighted by Gasteiger charge is -2.16. The number of carbonyl (C=O) groups is 1. The molecule has 94 valence electrons. The molecular formula is C12H17ClN2O2. The minimum absolute atomic E-state index is 0.0333. The molecule has 2 unspecified atom stereocenters. The topological polar surface area (TPSA) is 44.1 Å². The molecule has 0 spiro atoms. The van der Waals surface area contributed by atoms with Gasteiger partial charge in [0.1, 0.15) is 5.69 Å². The van der Waals surface area contributed by atoms with Gasteiger partial charge in [0, 0.05) is 12.6 Å². The van der Waals surface area contributed by atoms with Crippen molar-refractivity contribution in [1.82, 2.24) is 9.78 Å². The number of carbonyl (C=O) groups excluding carboxylic acids is 1. The van der Waals surface area contributed by atoms with Gasteiger partial charge < -0.3 is 4.74 Å². The number of hydrogen-bond acceptors (Lipinski definition) is 3. The predicted molar refractivity (Wildman–Crippen MR) is 65.5 cm³/mol. The van der Waals surface area contributed by atoms with Crippen LogP contribution in [-0.4, -0.2) is 28.3 Å². The van der Waals surface area contributed by atoms with Crippen molar-refractivity contribution >= 4 is 17.4 Å². The molecular weight excluding hydrogens is 240 g/mol. The van der Waals surface area contributed by atoms with Gasteiger partial charge in [-0.1, -0.05) is 11.6 Å². The molecule has 1 aromatic rings. The minimum atomic E-state index is -0.0956. The van der Waals surface area contributed by atoms with E-state index >= 15 is 0 Å². The molecule has 1 saturated heterocycles. The van der Waals surface area contributed by atoms with Crippen molar-refractivity contribution in [2.45, 2.75) is 39.3 Å². The molecule has 0 radical (unpaired) electrons. The van der Waals surface area contributed by atoms with Gasteiger partial charge in [-0.25, -0.2) is 0 Å². The highest BCUT2D eigenvalue weighted by Crippen LogP contribution is 2.28. The van der Waals surface area contributed by atoms with Crippen LogP contribution in [0.5, 0.6) is 0 Å². The highest BCUT2D eigenvalue weighted by Gasteiger charge is 2.34. The fourth-order valence-corrected chi connectivity index (χ4v) is 2.44. The Morgan fingerprint density at radius 2 is 2.35 bits per heavy atom. The van der Waals surface area contributed by atoms with Gasteiger partial charge in [-0.3, -0.25) is 9.48 Å². The summed E-state index contributed by atoms with van der Waals surface area (Å²) in [6.07, 6.45) is 2.27. The van der Waals surface area contributed by atoms with Crippen LogP contribution in [0.3, 0.4) is 0 Å². The summed E-state index contributed by atoms with van der Waals surface area (Å²) in [5.41, 5.74) is 0.518. The minimum Gasteiger partial charge on any atom is -0.378 e. The summed E-state index contributed by atoms with van der Waals surface area (Å²) >= 11 is 6.07. The fourth-order valence-electron chi connectivity index (χ4n) is 2.21. The molecule has 0 saturated carbocycles. The Morgan fingerprint density at radius 1 is 1.65 bits per heavy atom. The molecule has 0 N–H and O–H groups in total. The third kappa shape index (κ3) is 2.24. The van der Waals surface area contributed by atoms with Crippen molar-refractivity contribution in [3.05, 3.63) is 16.9 Å². The molecule has 0 aliphatic carbocycles. The van der Waals surface area contributed by atoms with E-state index in [9.17, 15) is 4.79 Å². The zero-order chi connectivity index (χ0) is 12.6. The summed E-state index contributed by atoms with van der Waals surface area (Å²) in [4.78, 5) is 12.4. The molecule has 2 rings (SSSR count). The maximum atomic E-state index is 12.4. The van der Waals surface area contributed by atoms with Gasteiger partial charge in [-0.2, -0.15) is 5.10 Å². The quantitative estimate of drug-likeness (QED) is 0.781. The van der Waals surface area contributed by atoms with Gasteiger partial charge in [-0.15, -0.1) is 0 Å². The summed E-state index contributed by atoms with van der Waals surface area (Å²) in [7, 11) is 0. The molecule has 1 fully saturated rings. The monoisotopic (exact) mass is 256 g/mol. The molecule has 2 heterocycles. The first-order chi connectivity index (χ1) is 8.02. The van der Waals surface area contributed by atoms with Crippen LogP contribution < -0.4 is 0 Å². The van der Waals surface area contributed by atoms with Crippen LogP contribution in [0.1, 0.15) is 43.7 Å². The first-order valence-electron chi connectivity index (χ1n) is 5.91. The number of aromatic nitrogens is 2. The molecule has 0 bridgehead atoms. The van der Waals surface area contributed by atoms with Crippen LogP contribution in [0.2, 0.25) is 5.02 Å². The summed E-state index contributed by atoms with van der Waals surface area (Å²) < 4.78 is 7.12. The van der Waals surface area contributed by atoms with Crippen molar-refractivity contribution in [2.24, 2.45) is 5.92 Å². The van der Waals surface area contributed by atoms with Crippen LogP contribution in [0.25, 0.3) is 0 Å². The molecule has 2 atom stereocenters. The Hall–Kier alpha value is -0.870. The average molecular weight is 257 g/mol. The molecule has 0 amide bonds. The Morgan fingerprint density at radius 3 is 2.88 bits per heavy atom. The maximum Gasteiger partial charge on any atom is 0.188 e. The van der Waals surface area contributed by atoms with E-state index in [1.165, 1.54) is 6.20 Å². The van der Waals surface area contributed by atoms with E-state index in [4.69, 9.17) is 16.3 Å². The van der Waals surface area contributed by atoms with Crippen molar-refractivity contribution < 1.29 is 9.53 Å². The number of rotatable bonds is 3. The summed E-state index contributed by atoms with van der Waals surface area (Å²) in [6.45, 7) is 6.54. The van der Waals surface area contributed by atoms with Crippen LogP contribution >= 0.6 is 11.6 Å². The second-order valence-corrected chi connectivity index (χ2v) is 5.12. The Balaban J connectivity index is 2.33. The van der Waals surface area contributed by atoms with Crippen molar-refractivity contribution in [1.29, 1.82) is 0 Å². The normalized spacial score (nSPS) is 24.5. The average Bonchev–Trinajstić information content (AvgIpc) is 2.83. The van der Waals surface area contributed by atoms with E-state index in [0.29, 0.717) is 17.3 Å². The van der Waals surface area contributed by atoms with Crippen LogP contribution in [0, 0.1) is 5.92 Å². The fraction of sp³-hybridized carbons (Fsp3) is 0.667. The lowest BCUT2D eigenvalue weighted by molar-refractivity contribution is 0.0753. The number of ether oxygens (including phenoxy) is 1. The van der Waals surface area contributed by atoms with E-state index in [0.717, 1.165) is 6.42 Å². The smallest absolute Gasteiger partial charge is 0.188 e. The Kier molecular flexibility index (Phi) is 3.54. The number of halogens is 1. The molecule has 4 nitrogen and oxygen atoms in total. The van der Waals surface area contributed by atoms with E-state index in [-0.39, 0.29) is 23.8 Å². The third-order valence-electron chi connectivity index (χ3n) is 3.19. The SMILES string of the molecule is CC1OCCC1C(=O)c1c(Cl)cnn1C(C)C. The first kappa shape index (κ1) is 12.6. The van der Waals surface area contributed by atoms with Gasteiger partial charge >= 0.3 is 0 Å². The number of ketones is 1. The van der Waals surface area contributed by atoms with Gasteiger partial charge in [-0.05, 0) is 27.2 Å². The molecule has 1 aromatic heterocycles. The van der Waals surface area contributed by atoms with E-state index in [1.807, 2.05) is 20.8 Å². The lowest BCUT2D eigenvalue weighted by atomic mass is 9.95. The van der Waals surface area contributed by atoms with Crippen molar-refractivity contribution in [2.75, 3.05) is 6.61 Å².